The van der Waals surface area contributed by atoms with E-state index in [4.69, 9.17) is 21.6 Å². The van der Waals surface area contributed by atoms with E-state index in [0.29, 0.717) is 29.0 Å². The van der Waals surface area contributed by atoms with E-state index in [0.717, 1.165) is 31.9 Å². The lowest BCUT2D eigenvalue weighted by atomic mass is 10.1. The van der Waals surface area contributed by atoms with Gasteiger partial charge in [-0.2, -0.15) is 5.26 Å². The number of imidazole rings is 1. The third kappa shape index (κ3) is 3.38. The molecule has 0 saturated carbocycles. The van der Waals surface area contributed by atoms with Crippen molar-refractivity contribution in [2.75, 3.05) is 13.2 Å². The zero-order valence-electron chi connectivity index (χ0n) is 11.4. The first-order valence-electron chi connectivity index (χ1n) is 6.75. The lowest BCUT2D eigenvalue weighted by Crippen LogP contribution is -2.12. The number of nitriles is 1. The molecule has 0 radical (unpaired) electrons. The van der Waals surface area contributed by atoms with Gasteiger partial charge >= 0.3 is 0 Å². The number of hydrogen-bond donors (Lipinski definition) is 0. The summed E-state index contributed by atoms with van der Waals surface area (Å²) in [5.74, 6) is 1.98. The third-order valence-corrected chi connectivity index (χ3v) is 3.65. The Morgan fingerprint density at radius 3 is 2.90 bits per heavy atom. The Bertz CT molecular complexity index is 655. The molecular formula is C14H14ClN5O. The third-order valence-electron chi connectivity index (χ3n) is 3.45. The Labute approximate surface area is 127 Å². The molecule has 1 aliphatic heterocycles. The van der Waals surface area contributed by atoms with E-state index in [1.54, 1.807) is 18.6 Å². The maximum absolute atomic E-state index is 9.04. The van der Waals surface area contributed by atoms with Gasteiger partial charge in [-0.3, -0.25) is 0 Å². The second-order valence-corrected chi connectivity index (χ2v) is 5.47. The van der Waals surface area contributed by atoms with E-state index in [-0.39, 0.29) is 0 Å². The number of aromatic nitrogens is 4. The molecule has 21 heavy (non-hydrogen) atoms. The van der Waals surface area contributed by atoms with Crippen molar-refractivity contribution in [1.82, 2.24) is 19.5 Å². The Hall–Kier alpha value is -1.97. The molecule has 0 spiro atoms. The van der Waals surface area contributed by atoms with Crippen molar-refractivity contribution in [1.29, 1.82) is 5.26 Å². The van der Waals surface area contributed by atoms with Gasteiger partial charge in [0.05, 0.1) is 11.6 Å². The molecule has 1 fully saturated rings. The highest BCUT2D eigenvalue weighted by Gasteiger charge is 2.20. The fourth-order valence-electron chi connectivity index (χ4n) is 2.38. The first kappa shape index (κ1) is 14.0. The van der Waals surface area contributed by atoms with E-state index >= 15 is 0 Å². The van der Waals surface area contributed by atoms with E-state index in [2.05, 4.69) is 21.0 Å². The van der Waals surface area contributed by atoms with Gasteiger partial charge in [0.2, 0.25) is 0 Å². The zero-order chi connectivity index (χ0) is 14.7. The second-order valence-electron chi connectivity index (χ2n) is 5.03. The molecule has 0 bridgehead atoms. The number of nitrogens with zero attached hydrogens (tertiary/aromatic N) is 5. The van der Waals surface area contributed by atoms with E-state index in [9.17, 15) is 0 Å². The van der Waals surface area contributed by atoms with Gasteiger partial charge in [0.1, 0.15) is 17.7 Å². The summed E-state index contributed by atoms with van der Waals surface area (Å²) in [5, 5.41) is 9.54. The first-order valence-corrected chi connectivity index (χ1v) is 7.12. The quantitative estimate of drug-likeness (QED) is 0.861. The summed E-state index contributed by atoms with van der Waals surface area (Å²) in [6, 6.07) is 2.08. The van der Waals surface area contributed by atoms with Gasteiger partial charge in [-0.15, -0.1) is 0 Å². The predicted octanol–water partition coefficient (Wildman–Crippen LogP) is 1.83. The van der Waals surface area contributed by atoms with E-state index in [1.165, 1.54) is 0 Å². The Balaban J connectivity index is 1.80. The molecule has 1 atom stereocenters. The highest BCUT2D eigenvalue weighted by atomic mass is 35.5. The average Bonchev–Trinajstić information content (AvgIpc) is 3.12. The van der Waals surface area contributed by atoms with Crippen molar-refractivity contribution >= 4 is 11.6 Å². The van der Waals surface area contributed by atoms with Crippen LogP contribution < -0.4 is 0 Å². The van der Waals surface area contributed by atoms with Crippen molar-refractivity contribution < 1.29 is 4.74 Å². The lowest BCUT2D eigenvalue weighted by Gasteiger charge is -2.09. The van der Waals surface area contributed by atoms with Crippen molar-refractivity contribution in [3.8, 4) is 6.07 Å². The summed E-state index contributed by atoms with van der Waals surface area (Å²) in [5.41, 5.74) is 0.415. The monoisotopic (exact) mass is 303 g/mol. The molecule has 1 unspecified atom stereocenters. The molecular weight excluding hydrogens is 290 g/mol. The van der Waals surface area contributed by atoms with Crippen LogP contribution in [-0.2, 0) is 17.7 Å². The molecule has 0 aliphatic carbocycles. The summed E-state index contributed by atoms with van der Waals surface area (Å²) < 4.78 is 7.32. The van der Waals surface area contributed by atoms with Crippen LogP contribution in [-0.4, -0.2) is 32.7 Å². The highest BCUT2D eigenvalue weighted by Crippen LogP contribution is 2.18. The van der Waals surface area contributed by atoms with Gasteiger partial charge in [-0.05, 0) is 12.3 Å². The average molecular weight is 304 g/mol. The largest absolute Gasteiger partial charge is 0.381 e. The minimum Gasteiger partial charge on any atom is -0.381 e. The number of ether oxygens (including phenoxy) is 1. The number of halogens is 1. The van der Waals surface area contributed by atoms with Crippen molar-refractivity contribution in [3.05, 3.63) is 41.0 Å². The first-order chi connectivity index (χ1) is 10.2. The highest BCUT2D eigenvalue weighted by molar-refractivity contribution is 6.30. The number of rotatable bonds is 4. The second kappa shape index (κ2) is 6.20. The van der Waals surface area contributed by atoms with Crippen LogP contribution in [0.25, 0.3) is 0 Å². The van der Waals surface area contributed by atoms with E-state index < -0.39 is 0 Å². The molecule has 3 rings (SSSR count). The van der Waals surface area contributed by atoms with Crippen LogP contribution in [0.4, 0.5) is 0 Å². The van der Waals surface area contributed by atoms with Gasteiger partial charge in [0.25, 0.3) is 0 Å². The standard InChI is InChI=1S/C14H14ClN5O/c15-11-5-17-13(18-6-11)8-20-7-12(4-16)19-14(20)3-10-1-2-21-9-10/h5-7,10H,1-3,8-9H2. The SMILES string of the molecule is N#Cc1cn(Cc2ncc(Cl)cn2)c(CC2CCOC2)n1. The van der Waals surface area contributed by atoms with Crippen LogP contribution in [0.3, 0.4) is 0 Å². The molecule has 7 heteroatoms. The summed E-state index contributed by atoms with van der Waals surface area (Å²) in [6.07, 6.45) is 6.71. The van der Waals surface area contributed by atoms with Crippen LogP contribution in [0.1, 0.15) is 23.8 Å². The van der Waals surface area contributed by atoms with Crippen LogP contribution >= 0.6 is 11.6 Å². The Morgan fingerprint density at radius 2 is 2.24 bits per heavy atom. The molecule has 2 aromatic heterocycles. The van der Waals surface area contributed by atoms with Crippen molar-refractivity contribution in [2.45, 2.75) is 19.4 Å². The van der Waals surface area contributed by atoms with Gasteiger partial charge < -0.3 is 9.30 Å². The molecule has 3 heterocycles. The fourth-order valence-corrected chi connectivity index (χ4v) is 2.48. The van der Waals surface area contributed by atoms with Crippen LogP contribution in [0.15, 0.2) is 18.6 Å². The van der Waals surface area contributed by atoms with Crippen LogP contribution in [0.5, 0.6) is 0 Å². The lowest BCUT2D eigenvalue weighted by molar-refractivity contribution is 0.185. The van der Waals surface area contributed by atoms with Crippen molar-refractivity contribution in [2.24, 2.45) is 5.92 Å². The molecule has 0 N–H and O–H groups in total. The van der Waals surface area contributed by atoms with Gasteiger partial charge in [0, 0.05) is 38.2 Å². The number of hydrogen-bond acceptors (Lipinski definition) is 5. The fraction of sp³-hybridized carbons (Fsp3) is 0.429. The topological polar surface area (TPSA) is 76.6 Å². The molecule has 108 valence electrons. The zero-order valence-corrected chi connectivity index (χ0v) is 12.1. The summed E-state index contributed by atoms with van der Waals surface area (Å²) in [4.78, 5) is 12.7. The Morgan fingerprint density at radius 1 is 1.43 bits per heavy atom. The Kier molecular flexibility index (Phi) is 4.13. The smallest absolute Gasteiger partial charge is 0.158 e. The summed E-state index contributed by atoms with van der Waals surface area (Å²) in [6.45, 7) is 2.04. The molecule has 0 amide bonds. The molecule has 0 aromatic carbocycles. The normalized spacial score (nSPS) is 17.8. The van der Waals surface area contributed by atoms with Gasteiger partial charge in [-0.25, -0.2) is 15.0 Å². The molecule has 2 aromatic rings. The van der Waals surface area contributed by atoms with E-state index in [1.807, 2.05) is 4.57 Å². The molecule has 1 saturated heterocycles. The van der Waals surface area contributed by atoms with Gasteiger partial charge in [0.15, 0.2) is 5.69 Å². The summed E-state index contributed by atoms with van der Waals surface area (Å²) in [7, 11) is 0. The van der Waals surface area contributed by atoms with Crippen LogP contribution in [0.2, 0.25) is 5.02 Å². The van der Waals surface area contributed by atoms with Crippen molar-refractivity contribution in [3.63, 3.8) is 0 Å². The maximum atomic E-state index is 9.04. The van der Waals surface area contributed by atoms with Crippen LogP contribution in [0, 0.1) is 17.2 Å². The molecule has 1 aliphatic rings. The molecule has 6 nitrogen and oxygen atoms in total. The minimum absolute atomic E-state index is 0.415. The summed E-state index contributed by atoms with van der Waals surface area (Å²) >= 11 is 5.78. The maximum Gasteiger partial charge on any atom is 0.158 e. The minimum atomic E-state index is 0.415. The van der Waals surface area contributed by atoms with Gasteiger partial charge in [-0.1, -0.05) is 11.6 Å². The predicted molar refractivity (Wildman–Crippen MR) is 75.7 cm³/mol.